The Hall–Kier alpha value is -2.06. The summed E-state index contributed by atoms with van der Waals surface area (Å²) >= 11 is 0. The minimum Gasteiger partial charge on any atom is -0.343 e. The van der Waals surface area contributed by atoms with Crippen LogP contribution in [0, 0.1) is 5.92 Å². The average molecular weight is 316 g/mol. The van der Waals surface area contributed by atoms with Crippen molar-refractivity contribution in [2.45, 2.75) is 44.8 Å². The molecule has 1 N–H and O–H groups in total. The molecule has 2 heterocycles. The molecule has 0 spiro atoms. The summed E-state index contributed by atoms with van der Waals surface area (Å²) < 4.78 is 2.57. The lowest BCUT2D eigenvalue weighted by Crippen LogP contribution is -2.27. The minimum absolute atomic E-state index is 0.680. The second kappa shape index (κ2) is 5.78. The summed E-state index contributed by atoms with van der Waals surface area (Å²) in [5.41, 5.74) is 5.61. The van der Waals surface area contributed by atoms with Crippen LogP contribution in [-0.4, -0.2) is 10.6 Å². The van der Waals surface area contributed by atoms with E-state index in [-0.39, 0.29) is 0 Å². The fourth-order valence-corrected chi connectivity index (χ4v) is 4.31. The number of fused-ring (bicyclic) bond motifs is 3. The van der Waals surface area contributed by atoms with Crippen LogP contribution >= 0.6 is 0 Å². The minimum atomic E-state index is 0.680. The predicted octanol–water partition coefficient (Wildman–Crippen LogP) is 4.97. The van der Waals surface area contributed by atoms with Crippen molar-refractivity contribution in [2.75, 3.05) is 0 Å². The lowest BCUT2D eigenvalue weighted by molar-refractivity contribution is 0.435. The first-order chi connectivity index (χ1) is 11.9. The van der Waals surface area contributed by atoms with Crippen LogP contribution in [0.5, 0.6) is 0 Å². The Morgan fingerprint density at radius 2 is 1.71 bits per heavy atom. The highest BCUT2D eigenvalue weighted by Gasteiger charge is 2.28. The molecule has 0 saturated heterocycles. The molecule has 2 aromatic carbocycles. The number of aryl methyl sites for hydroxylation is 1. The summed E-state index contributed by atoms with van der Waals surface area (Å²) in [5.74, 6) is 0.991. The van der Waals surface area contributed by atoms with Gasteiger partial charge in [-0.15, -0.1) is 0 Å². The number of hydrogen-bond acceptors (Lipinski definition) is 1. The van der Waals surface area contributed by atoms with Crippen molar-refractivity contribution in [3.05, 3.63) is 60.3 Å². The van der Waals surface area contributed by atoms with Gasteiger partial charge in [0.05, 0.1) is 0 Å². The Bertz CT molecular complexity index is 858. The number of benzene rings is 2. The summed E-state index contributed by atoms with van der Waals surface area (Å²) in [6.45, 7) is 2.11. The van der Waals surface area contributed by atoms with Gasteiger partial charge < -0.3 is 9.88 Å². The molecule has 1 aliphatic carbocycles. The van der Waals surface area contributed by atoms with E-state index in [1.54, 1.807) is 0 Å². The summed E-state index contributed by atoms with van der Waals surface area (Å²) in [6.07, 6.45) is 5.51. The third-order valence-electron chi connectivity index (χ3n) is 5.72. The monoisotopic (exact) mass is 316 g/mol. The number of para-hydroxylation sites is 1. The molecule has 2 aliphatic rings. The van der Waals surface area contributed by atoms with Crippen molar-refractivity contribution in [2.24, 2.45) is 5.92 Å². The molecular weight excluding hydrogens is 292 g/mol. The zero-order valence-corrected chi connectivity index (χ0v) is 14.0. The van der Waals surface area contributed by atoms with E-state index in [0.29, 0.717) is 6.04 Å². The zero-order chi connectivity index (χ0) is 15.9. The van der Waals surface area contributed by atoms with E-state index < -0.39 is 0 Å². The molecule has 1 aromatic heterocycles. The van der Waals surface area contributed by atoms with Crippen molar-refractivity contribution < 1.29 is 0 Å². The van der Waals surface area contributed by atoms with E-state index in [1.807, 2.05) is 0 Å². The van der Waals surface area contributed by atoms with Gasteiger partial charge in [0.25, 0.3) is 0 Å². The molecule has 1 atom stereocenters. The first kappa shape index (κ1) is 14.3. The Morgan fingerprint density at radius 3 is 2.54 bits per heavy atom. The largest absolute Gasteiger partial charge is 0.343 e. The quantitative estimate of drug-likeness (QED) is 0.722. The van der Waals surface area contributed by atoms with Crippen LogP contribution in [0.15, 0.2) is 54.6 Å². The summed E-state index contributed by atoms with van der Waals surface area (Å²) in [6, 6.07) is 20.5. The van der Waals surface area contributed by atoms with Gasteiger partial charge in [-0.3, -0.25) is 0 Å². The third kappa shape index (κ3) is 2.46. The molecule has 24 heavy (non-hydrogen) atoms. The standard InChI is InChI=1S/C22H24N2/c1-2-6-17(7-3-1)22-19-8-4-5-9-20(19)24-13-12-18(14-16-10-11-16)23-15-21(22)24/h1-9,16,18,23H,10-15H2. The Morgan fingerprint density at radius 1 is 0.917 bits per heavy atom. The van der Waals surface area contributed by atoms with Crippen molar-refractivity contribution in [1.82, 2.24) is 9.88 Å². The SMILES string of the molecule is c1ccc(-c2c3n(c4ccccc24)CCC(CC2CC2)NC3)cc1. The van der Waals surface area contributed by atoms with Crippen molar-refractivity contribution in [1.29, 1.82) is 0 Å². The van der Waals surface area contributed by atoms with E-state index in [2.05, 4.69) is 64.5 Å². The number of aromatic nitrogens is 1. The lowest BCUT2D eigenvalue weighted by atomic mass is 10.0. The molecule has 1 aliphatic heterocycles. The molecule has 1 saturated carbocycles. The molecule has 3 aromatic rings. The van der Waals surface area contributed by atoms with E-state index in [4.69, 9.17) is 0 Å². The Balaban J connectivity index is 1.61. The van der Waals surface area contributed by atoms with Crippen molar-refractivity contribution >= 4 is 10.9 Å². The van der Waals surface area contributed by atoms with Crippen LogP contribution in [-0.2, 0) is 13.1 Å². The lowest BCUT2D eigenvalue weighted by Gasteiger charge is -2.15. The summed E-state index contributed by atoms with van der Waals surface area (Å²) in [7, 11) is 0. The maximum Gasteiger partial charge on any atom is 0.0489 e. The van der Waals surface area contributed by atoms with Gasteiger partial charge in [0.1, 0.15) is 0 Å². The Kier molecular flexibility index (Phi) is 3.45. The number of nitrogens with zero attached hydrogens (tertiary/aromatic N) is 1. The van der Waals surface area contributed by atoms with Gasteiger partial charge in [-0.05, 0) is 30.4 Å². The van der Waals surface area contributed by atoms with Gasteiger partial charge in [0.15, 0.2) is 0 Å². The first-order valence-electron chi connectivity index (χ1n) is 9.29. The highest BCUT2D eigenvalue weighted by Crippen LogP contribution is 2.38. The highest BCUT2D eigenvalue weighted by atomic mass is 15.1. The van der Waals surface area contributed by atoms with Crippen LogP contribution in [0.4, 0.5) is 0 Å². The fourth-order valence-electron chi connectivity index (χ4n) is 4.31. The van der Waals surface area contributed by atoms with Crippen molar-refractivity contribution in [3.63, 3.8) is 0 Å². The van der Waals surface area contributed by atoms with Crippen LogP contribution in [0.2, 0.25) is 0 Å². The smallest absolute Gasteiger partial charge is 0.0489 e. The average Bonchev–Trinajstić information content (AvgIpc) is 3.42. The second-order valence-corrected chi connectivity index (χ2v) is 7.40. The highest BCUT2D eigenvalue weighted by molar-refractivity contribution is 5.98. The maximum absolute atomic E-state index is 3.86. The van der Waals surface area contributed by atoms with Crippen LogP contribution < -0.4 is 5.32 Å². The van der Waals surface area contributed by atoms with Crippen molar-refractivity contribution in [3.8, 4) is 11.1 Å². The molecule has 0 radical (unpaired) electrons. The van der Waals surface area contributed by atoms with Gasteiger partial charge in [-0.2, -0.15) is 0 Å². The van der Waals surface area contributed by atoms with E-state index in [1.165, 1.54) is 53.4 Å². The van der Waals surface area contributed by atoms with E-state index in [0.717, 1.165) is 19.0 Å². The molecule has 2 nitrogen and oxygen atoms in total. The van der Waals surface area contributed by atoms with E-state index in [9.17, 15) is 0 Å². The topological polar surface area (TPSA) is 17.0 Å². The molecule has 1 unspecified atom stereocenters. The second-order valence-electron chi connectivity index (χ2n) is 7.40. The zero-order valence-electron chi connectivity index (χ0n) is 14.0. The van der Waals surface area contributed by atoms with Crippen LogP contribution in [0.25, 0.3) is 22.0 Å². The van der Waals surface area contributed by atoms with Gasteiger partial charge in [0.2, 0.25) is 0 Å². The predicted molar refractivity (Wildman–Crippen MR) is 100.0 cm³/mol. The molecule has 0 bridgehead atoms. The van der Waals surface area contributed by atoms with Gasteiger partial charge in [-0.1, -0.05) is 61.4 Å². The van der Waals surface area contributed by atoms with Crippen LogP contribution in [0.3, 0.4) is 0 Å². The van der Waals surface area contributed by atoms with E-state index >= 15 is 0 Å². The number of hydrogen-bond donors (Lipinski definition) is 1. The molecule has 5 rings (SSSR count). The van der Waals surface area contributed by atoms with Gasteiger partial charge in [0, 0.05) is 41.3 Å². The van der Waals surface area contributed by atoms with Gasteiger partial charge in [-0.25, -0.2) is 0 Å². The number of rotatable bonds is 3. The number of nitrogens with one attached hydrogen (secondary N) is 1. The normalized spacial score (nSPS) is 20.8. The van der Waals surface area contributed by atoms with Crippen LogP contribution in [0.1, 0.15) is 31.4 Å². The first-order valence-corrected chi connectivity index (χ1v) is 9.29. The summed E-state index contributed by atoms with van der Waals surface area (Å²) in [5, 5.41) is 5.25. The molecule has 1 fully saturated rings. The molecular formula is C22H24N2. The Labute approximate surface area is 143 Å². The molecule has 2 heteroatoms. The fraction of sp³-hybridized carbons (Fsp3) is 0.364. The van der Waals surface area contributed by atoms with Gasteiger partial charge >= 0.3 is 0 Å². The third-order valence-corrected chi connectivity index (χ3v) is 5.72. The summed E-state index contributed by atoms with van der Waals surface area (Å²) in [4.78, 5) is 0. The molecule has 122 valence electrons. The molecule has 0 amide bonds. The maximum atomic E-state index is 3.86.